The molecule has 0 saturated heterocycles. The SMILES string of the molecule is COc1ccc(NS(=O)(=O)c2ccc3c(c2)CCCN3C(C)=O)cn1. The summed E-state index contributed by atoms with van der Waals surface area (Å²) in [5, 5.41) is 0. The van der Waals surface area contributed by atoms with E-state index in [4.69, 9.17) is 4.74 Å². The summed E-state index contributed by atoms with van der Waals surface area (Å²) in [5.41, 5.74) is 1.99. The molecule has 8 heteroatoms. The lowest BCUT2D eigenvalue weighted by Crippen LogP contribution is -2.33. The summed E-state index contributed by atoms with van der Waals surface area (Å²) < 4.78 is 32.7. The van der Waals surface area contributed by atoms with Gasteiger partial charge in [-0.2, -0.15) is 0 Å². The third kappa shape index (κ3) is 3.58. The number of carbonyl (C=O) groups is 1. The molecule has 7 nitrogen and oxygen atoms in total. The fourth-order valence-electron chi connectivity index (χ4n) is 2.84. The van der Waals surface area contributed by atoms with Gasteiger partial charge in [-0.25, -0.2) is 13.4 Å². The number of aryl methyl sites for hydroxylation is 1. The summed E-state index contributed by atoms with van der Waals surface area (Å²) in [7, 11) is -2.25. The predicted molar refractivity (Wildman–Crippen MR) is 94.4 cm³/mol. The molecule has 1 aliphatic heterocycles. The summed E-state index contributed by atoms with van der Waals surface area (Å²) in [6, 6.07) is 7.99. The van der Waals surface area contributed by atoms with Crippen LogP contribution in [0.25, 0.3) is 0 Å². The number of anilines is 2. The molecule has 0 radical (unpaired) electrons. The van der Waals surface area contributed by atoms with Crippen molar-refractivity contribution in [3.05, 3.63) is 42.1 Å². The highest BCUT2D eigenvalue weighted by Crippen LogP contribution is 2.30. The summed E-state index contributed by atoms with van der Waals surface area (Å²) in [6.45, 7) is 2.17. The number of carbonyl (C=O) groups excluding carboxylic acids is 1. The smallest absolute Gasteiger partial charge is 0.261 e. The number of benzene rings is 1. The van der Waals surface area contributed by atoms with Crippen molar-refractivity contribution in [3.63, 3.8) is 0 Å². The van der Waals surface area contributed by atoms with E-state index < -0.39 is 10.0 Å². The highest BCUT2D eigenvalue weighted by atomic mass is 32.2. The average molecular weight is 361 g/mol. The quantitative estimate of drug-likeness (QED) is 0.902. The number of aromatic nitrogens is 1. The van der Waals surface area contributed by atoms with Gasteiger partial charge in [0, 0.05) is 25.2 Å². The van der Waals surface area contributed by atoms with Crippen LogP contribution < -0.4 is 14.4 Å². The molecule has 0 atom stereocenters. The Kier molecular flexibility index (Phi) is 4.63. The minimum Gasteiger partial charge on any atom is -0.481 e. The van der Waals surface area contributed by atoms with E-state index in [2.05, 4.69) is 9.71 Å². The largest absolute Gasteiger partial charge is 0.481 e. The van der Waals surface area contributed by atoms with Gasteiger partial charge in [-0.05, 0) is 42.7 Å². The maximum atomic E-state index is 12.6. The number of hydrogen-bond acceptors (Lipinski definition) is 5. The molecule has 1 aliphatic rings. The number of fused-ring (bicyclic) bond motifs is 1. The van der Waals surface area contributed by atoms with Crippen molar-refractivity contribution < 1.29 is 17.9 Å². The van der Waals surface area contributed by atoms with Gasteiger partial charge >= 0.3 is 0 Å². The molecule has 1 N–H and O–H groups in total. The van der Waals surface area contributed by atoms with Crippen molar-refractivity contribution in [1.29, 1.82) is 0 Å². The Morgan fingerprint density at radius 1 is 1.28 bits per heavy atom. The highest BCUT2D eigenvalue weighted by Gasteiger charge is 2.23. The number of rotatable bonds is 4. The lowest BCUT2D eigenvalue weighted by Gasteiger charge is -2.28. The highest BCUT2D eigenvalue weighted by molar-refractivity contribution is 7.92. The van der Waals surface area contributed by atoms with Crippen LogP contribution in [-0.2, 0) is 21.2 Å². The van der Waals surface area contributed by atoms with Gasteiger partial charge in [0.1, 0.15) is 0 Å². The third-order valence-corrected chi connectivity index (χ3v) is 5.44. The van der Waals surface area contributed by atoms with Gasteiger partial charge in [-0.3, -0.25) is 9.52 Å². The normalized spacial score (nSPS) is 13.9. The third-order valence-electron chi connectivity index (χ3n) is 4.06. The molecule has 3 rings (SSSR count). The van der Waals surface area contributed by atoms with E-state index in [1.54, 1.807) is 29.2 Å². The number of hydrogen-bond donors (Lipinski definition) is 1. The average Bonchev–Trinajstić information content (AvgIpc) is 2.61. The molecule has 2 heterocycles. The zero-order valence-corrected chi connectivity index (χ0v) is 14.8. The lowest BCUT2D eigenvalue weighted by atomic mass is 10.0. The first-order valence-corrected chi connectivity index (χ1v) is 9.33. The molecule has 0 saturated carbocycles. The molecule has 25 heavy (non-hydrogen) atoms. The Labute approximate surface area is 146 Å². The molecule has 132 valence electrons. The van der Waals surface area contributed by atoms with Crippen molar-refractivity contribution >= 4 is 27.3 Å². The lowest BCUT2D eigenvalue weighted by molar-refractivity contribution is -0.116. The summed E-state index contributed by atoms with van der Waals surface area (Å²) in [4.78, 5) is 17.5. The minimum atomic E-state index is -3.74. The monoisotopic (exact) mass is 361 g/mol. The van der Waals surface area contributed by atoms with Gasteiger partial charge in [0.25, 0.3) is 10.0 Å². The molecule has 1 aromatic carbocycles. The first kappa shape index (κ1) is 17.2. The Balaban J connectivity index is 1.88. The zero-order valence-electron chi connectivity index (χ0n) is 14.0. The summed E-state index contributed by atoms with van der Waals surface area (Å²) in [5.74, 6) is 0.361. The zero-order chi connectivity index (χ0) is 18.0. The van der Waals surface area contributed by atoms with Gasteiger partial charge in [-0.1, -0.05) is 0 Å². The Hall–Kier alpha value is -2.61. The molecular weight excluding hydrogens is 342 g/mol. The topological polar surface area (TPSA) is 88.6 Å². The summed E-state index contributed by atoms with van der Waals surface area (Å²) >= 11 is 0. The second-order valence-corrected chi connectivity index (χ2v) is 7.44. The molecule has 0 aliphatic carbocycles. The fraction of sp³-hybridized carbons (Fsp3) is 0.294. The van der Waals surface area contributed by atoms with E-state index in [0.29, 0.717) is 18.1 Å². The van der Waals surface area contributed by atoms with E-state index >= 15 is 0 Å². The molecule has 0 bridgehead atoms. The number of methoxy groups -OCH3 is 1. The van der Waals surface area contributed by atoms with Crippen LogP contribution >= 0.6 is 0 Å². The molecule has 1 aromatic heterocycles. The molecule has 0 spiro atoms. The Morgan fingerprint density at radius 2 is 2.08 bits per heavy atom. The fourth-order valence-corrected chi connectivity index (χ4v) is 3.94. The van der Waals surface area contributed by atoms with E-state index in [9.17, 15) is 13.2 Å². The number of amides is 1. The van der Waals surface area contributed by atoms with E-state index in [1.807, 2.05) is 0 Å². The van der Waals surface area contributed by atoms with E-state index in [0.717, 1.165) is 24.1 Å². The van der Waals surface area contributed by atoms with Crippen molar-refractivity contribution in [2.75, 3.05) is 23.3 Å². The maximum absolute atomic E-state index is 12.6. The predicted octanol–water partition coefficient (Wildman–Crippen LogP) is 2.19. The first-order chi connectivity index (χ1) is 11.9. The summed E-state index contributed by atoms with van der Waals surface area (Å²) in [6.07, 6.45) is 2.95. The second-order valence-electron chi connectivity index (χ2n) is 5.76. The van der Waals surface area contributed by atoms with Crippen LogP contribution in [0.2, 0.25) is 0 Å². The van der Waals surface area contributed by atoms with E-state index in [-0.39, 0.29) is 10.8 Å². The van der Waals surface area contributed by atoms with Crippen LogP contribution in [0.4, 0.5) is 11.4 Å². The van der Waals surface area contributed by atoms with Crippen molar-refractivity contribution in [1.82, 2.24) is 4.98 Å². The molecule has 2 aromatic rings. The second kappa shape index (κ2) is 6.72. The van der Waals surface area contributed by atoms with Crippen LogP contribution in [0.3, 0.4) is 0 Å². The number of pyridine rings is 1. The van der Waals surface area contributed by atoms with Crippen molar-refractivity contribution in [3.8, 4) is 5.88 Å². The van der Waals surface area contributed by atoms with Crippen LogP contribution in [0.5, 0.6) is 5.88 Å². The Morgan fingerprint density at radius 3 is 2.72 bits per heavy atom. The van der Waals surface area contributed by atoms with E-state index in [1.165, 1.54) is 26.3 Å². The Bertz CT molecular complexity index is 895. The number of nitrogens with zero attached hydrogens (tertiary/aromatic N) is 2. The van der Waals surface area contributed by atoms with Crippen LogP contribution in [-0.4, -0.2) is 33.0 Å². The number of ether oxygens (including phenoxy) is 1. The standard InChI is InChI=1S/C17H19N3O4S/c1-12(21)20-9-3-4-13-10-15(6-7-16(13)20)25(22,23)19-14-5-8-17(24-2)18-11-14/h5-8,10-11,19H,3-4,9H2,1-2H3. The molecule has 1 amide bonds. The van der Waals surface area contributed by atoms with Crippen LogP contribution in [0.1, 0.15) is 18.9 Å². The van der Waals surface area contributed by atoms with Gasteiger partial charge in [0.15, 0.2) is 0 Å². The van der Waals surface area contributed by atoms with Crippen molar-refractivity contribution in [2.45, 2.75) is 24.7 Å². The van der Waals surface area contributed by atoms with Gasteiger partial charge < -0.3 is 9.64 Å². The van der Waals surface area contributed by atoms with Gasteiger partial charge in [0.05, 0.1) is 23.9 Å². The minimum absolute atomic E-state index is 0.0426. The van der Waals surface area contributed by atoms with Crippen LogP contribution in [0.15, 0.2) is 41.4 Å². The number of nitrogens with one attached hydrogen (secondary N) is 1. The van der Waals surface area contributed by atoms with Crippen LogP contribution in [0, 0.1) is 0 Å². The van der Waals surface area contributed by atoms with Crippen molar-refractivity contribution in [2.24, 2.45) is 0 Å². The molecule has 0 fully saturated rings. The first-order valence-electron chi connectivity index (χ1n) is 7.84. The van der Waals surface area contributed by atoms with Gasteiger partial charge in [0.2, 0.25) is 11.8 Å². The number of sulfonamides is 1. The van der Waals surface area contributed by atoms with Gasteiger partial charge in [-0.15, -0.1) is 0 Å². The maximum Gasteiger partial charge on any atom is 0.261 e. The molecular formula is C17H19N3O4S. The molecule has 0 unspecified atom stereocenters.